The lowest BCUT2D eigenvalue weighted by Gasteiger charge is -2.31. The van der Waals surface area contributed by atoms with E-state index in [4.69, 9.17) is 10.9 Å². The monoisotopic (exact) mass is 424 g/mol. The van der Waals surface area contributed by atoms with E-state index in [0.29, 0.717) is 5.69 Å². The van der Waals surface area contributed by atoms with Crippen LogP contribution >= 0.6 is 12.4 Å². The highest BCUT2D eigenvalue weighted by Crippen LogP contribution is 2.31. The van der Waals surface area contributed by atoms with Crippen LogP contribution in [0.25, 0.3) is 0 Å². The van der Waals surface area contributed by atoms with Crippen LogP contribution in [0.2, 0.25) is 0 Å². The Labute approximate surface area is 171 Å². The van der Waals surface area contributed by atoms with Crippen molar-refractivity contribution in [3.8, 4) is 0 Å². The fraction of sp³-hybridized carbons (Fsp3) is 0.316. The molecule has 0 bridgehead atoms. The van der Waals surface area contributed by atoms with Crippen LogP contribution < -0.4 is 21.1 Å². The standard InChI is InChI=1S/C19H24N4O3S.ClH/c1-12-9-14(27(21,25)26)10-17(13(12)2)22-19(24)11-23-8-4-5-15-16(20)6-3-7-18(15)23;/h3,6-7,9-10H,4-5,8,11,20H2,1-2H3,(H,22,24)(H2,21,25,26);1H. The lowest BCUT2D eigenvalue weighted by atomic mass is 10.00. The first-order chi connectivity index (χ1) is 12.7. The van der Waals surface area contributed by atoms with Gasteiger partial charge in [0.2, 0.25) is 15.9 Å². The zero-order valence-electron chi connectivity index (χ0n) is 15.9. The molecule has 3 rings (SSSR count). The van der Waals surface area contributed by atoms with E-state index in [9.17, 15) is 13.2 Å². The summed E-state index contributed by atoms with van der Waals surface area (Å²) in [4.78, 5) is 14.6. The van der Waals surface area contributed by atoms with Crippen molar-refractivity contribution in [2.75, 3.05) is 29.0 Å². The number of primary sulfonamides is 1. The maximum atomic E-state index is 12.6. The van der Waals surface area contributed by atoms with Crippen LogP contribution in [0.1, 0.15) is 23.1 Å². The van der Waals surface area contributed by atoms with Crippen LogP contribution in [-0.2, 0) is 21.2 Å². The molecule has 0 saturated carbocycles. The van der Waals surface area contributed by atoms with Crippen molar-refractivity contribution >= 4 is 45.4 Å². The third kappa shape index (κ3) is 4.57. The van der Waals surface area contributed by atoms with E-state index in [0.717, 1.165) is 47.5 Å². The molecule has 1 amide bonds. The number of hydrogen-bond donors (Lipinski definition) is 3. The third-order valence-corrected chi connectivity index (χ3v) is 5.85. The van der Waals surface area contributed by atoms with Gasteiger partial charge in [-0.3, -0.25) is 4.79 Å². The van der Waals surface area contributed by atoms with E-state index in [1.54, 1.807) is 6.92 Å². The molecule has 1 aliphatic heterocycles. The average Bonchev–Trinajstić information content (AvgIpc) is 2.59. The summed E-state index contributed by atoms with van der Waals surface area (Å²) in [7, 11) is -3.85. The number of aryl methyl sites for hydroxylation is 1. The molecule has 0 radical (unpaired) electrons. The van der Waals surface area contributed by atoms with Crippen LogP contribution in [0.4, 0.5) is 17.1 Å². The quantitative estimate of drug-likeness (QED) is 0.651. The van der Waals surface area contributed by atoms with Crippen molar-refractivity contribution in [1.82, 2.24) is 0 Å². The van der Waals surface area contributed by atoms with Gasteiger partial charge < -0.3 is 16.0 Å². The first-order valence-corrected chi connectivity index (χ1v) is 10.3. The van der Waals surface area contributed by atoms with Crippen molar-refractivity contribution in [1.29, 1.82) is 0 Å². The normalized spacial score (nSPS) is 13.5. The van der Waals surface area contributed by atoms with Gasteiger partial charge in [-0.1, -0.05) is 6.07 Å². The molecule has 0 spiro atoms. The Morgan fingerprint density at radius 2 is 1.96 bits per heavy atom. The maximum Gasteiger partial charge on any atom is 0.243 e. The molecule has 0 unspecified atom stereocenters. The Morgan fingerprint density at radius 1 is 1.25 bits per heavy atom. The lowest BCUT2D eigenvalue weighted by Crippen LogP contribution is -2.37. The fourth-order valence-electron chi connectivity index (χ4n) is 3.38. The van der Waals surface area contributed by atoms with E-state index < -0.39 is 10.0 Å². The number of nitrogen functional groups attached to an aromatic ring is 1. The third-order valence-electron chi connectivity index (χ3n) is 4.96. The Morgan fingerprint density at radius 3 is 2.64 bits per heavy atom. The van der Waals surface area contributed by atoms with Crippen LogP contribution in [-0.4, -0.2) is 27.4 Å². The summed E-state index contributed by atoms with van der Waals surface area (Å²) in [6.07, 6.45) is 1.82. The van der Waals surface area contributed by atoms with E-state index in [2.05, 4.69) is 5.32 Å². The molecule has 152 valence electrons. The molecule has 9 heteroatoms. The van der Waals surface area contributed by atoms with E-state index in [-0.39, 0.29) is 29.8 Å². The SMILES string of the molecule is Cc1cc(S(N)(=O)=O)cc(NC(=O)CN2CCCc3c(N)cccc32)c1C.Cl. The molecule has 28 heavy (non-hydrogen) atoms. The van der Waals surface area contributed by atoms with Crippen molar-refractivity contribution in [2.45, 2.75) is 31.6 Å². The Kier molecular flexibility index (Phi) is 6.59. The second-order valence-corrected chi connectivity index (χ2v) is 8.44. The number of anilines is 3. The highest BCUT2D eigenvalue weighted by molar-refractivity contribution is 7.89. The number of carbonyl (C=O) groups is 1. The second-order valence-electron chi connectivity index (χ2n) is 6.88. The highest BCUT2D eigenvalue weighted by Gasteiger charge is 2.21. The summed E-state index contributed by atoms with van der Waals surface area (Å²) in [6.45, 7) is 4.53. The first-order valence-electron chi connectivity index (χ1n) is 8.73. The smallest absolute Gasteiger partial charge is 0.243 e. The van der Waals surface area contributed by atoms with Crippen LogP contribution in [0.5, 0.6) is 0 Å². The molecule has 0 saturated heterocycles. The van der Waals surface area contributed by atoms with Crippen molar-refractivity contribution in [3.63, 3.8) is 0 Å². The van der Waals surface area contributed by atoms with Crippen molar-refractivity contribution in [2.24, 2.45) is 5.14 Å². The predicted octanol–water partition coefficient (Wildman–Crippen LogP) is 2.35. The van der Waals surface area contributed by atoms with Crippen LogP contribution in [0.3, 0.4) is 0 Å². The molecule has 0 atom stereocenters. The summed E-state index contributed by atoms with van der Waals surface area (Å²) in [5.41, 5.74) is 10.8. The zero-order valence-corrected chi connectivity index (χ0v) is 17.5. The minimum absolute atomic E-state index is 0. The lowest BCUT2D eigenvalue weighted by molar-refractivity contribution is -0.115. The van der Waals surface area contributed by atoms with Crippen molar-refractivity contribution in [3.05, 3.63) is 47.0 Å². The Bertz CT molecular complexity index is 1010. The summed E-state index contributed by atoms with van der Waals surface area (Å²) in [6, 6.07) is 8.62. The molecule has 7 nitrogen and oxygen atoms in total. The Hall–Kier alpha value is -2.29. The molecule has 0 aromatic heterocycles. The molecular weight excluding hydrogens is 400 g/mol. The molecule has 0 fully saturated rings. The minimum Gasteiger partial charge on any atom is -0.398 e. The number of hydrogen-bond acceptors (Lipinski definition) is 5. The summed E-state index contributed by atoms with van der Waals surface area (Å²) < 4.78 is 23.3. The molecule has 1 aliphatic rings. The summed E-state index contributed by atoms with van der Waals surface area (Å²) in [5.74, 6) is -0.223. The zero-order chi connectivity index (χ0) is 19.8. The number of nitrogens with zero attached hydrogens (tertiary/aromatic N) is 1. The number of halogens is 1. The molecule has 0 aliphatic carbocycles. The Balaban J connectivity index is 0.00000280. The molecule has 2 aromatic rings. The van der Waals surface area contributed by atoms with Gasteiger partial charge >= 0.3 is 0 Å². The summed E-state index contributed by atoms with van der Waals surface area (Å²) in [5, 5.41) is 8.06. The van der Waals surface area contributed by atoms with Gasteiger partial charge in [0.05, 0.1) is 11.4 Å². The maximum absolute atomic E-state index is 12.6. The number of sulfonamides is 1. The van der Waals surface area contributed by atoms with Gasteiger partial charge in [-0.05, 0) is 67.6 Å². The number of amides is 1. The molecule has 2 aromatic carbocycles. The van der Waals surface area contributed by atoms with Crippen LogP contribution in [0, 0.1) is 13.8 Å². The van der Waals surface area contributed by atoms with Crippen molar-refractivity contribution < 1.29 is 13.2 Å². The van der Waals surface area contributed by atoms with Gasteiger partial charge in [-0.15, -0.1) is 12.4 Å². The molecule has 1 heterocycles. The minimum atomic E-state index is -3.85. The topological polar surface area (TPSA) is 119 Å². The van der Waals surface area contributed by atoms with E-state index >= 15 is 0 Å². The molecular formula is C19H25ClN4O3S. The fourth-order valence-corrected chi connectivity index (χ4v) is 4.00. The van der Waals surface area contributed by atoms with E-state index in [1.807, 2.05) is 30.0 Å². The van der Waals surface area contributed by atoms with Gasteiger partial charge in [-0.2, -0.15) is 0 Å². The number of benzene rings is 2. The summed E-state index contributed by atoms with van der Waals surface area (Å²) >= 11 is 0. The van der Waals surface area contributed by atoms with Gasteiger partial charge in [0.25, 0.3) is 0 Å². The van der Waals surface area contributed by atoms with Gasteiger partial charge in [-0.25, -0.2) is 13.6 Å². The predicted molar refractivity (Wildman–Crippen MR) is 115 cm³/mol. The number of rotatable bonds is 4. The first kappa shape index (κ1) is 22.0. The van der Waals surface area contributed by atoms with E-state index in [1.165, 1.54) is 12.1 Å². The number of nitrogens with two attached hydrogens (primary N) is 2. The van der Waals surface area contributed by atoms with Gasteiger partial charge in [0.15, 0.2) is 0 Å². The number of fused-ring (bicyclic) bond motifs is 1. The highest BCUT2D eigenvalue weighted by atomic mass is 35.5. The van der Waals surface area contributed by atoms with Gasteiger partial charge in [0, 0.05) is 23.6 Å². The number of carbonyl (C=O) groups excluding carboxylic acids is 1. The van der Waals surface area contributed by atoms with Gasteiger partial charge in [0.1, 0.15) is 0 Å². The molecule has 5 N–H and O–H groups in total. The largest absolute Gasteiger partial charge is 0.398 e. The van der Waals surface area contributed by atoms with Crippen LogP contribution in [0.15, 0.2) is 35.2 Å². The average molecular weight is 425 g/mol. The number of nitrogens with one attached hydrogen (secondary N) is 1. The second kappa shape index (κ2) is 8.38.